The zero-order valence-corrected chi connectivity index (χ0v) is 23.0. The number of halogens is 3. The van der Waals surface area contributed by atoms with Crippen molar-refractivity contribution in [2.45, 2.75) is 57.5 Å². The lowest BCUT2D eigenvalue weighted by Gasteiger charge is -2.35. The topological polar surface area (TPSA) is 147 Å². The standard InChI is InChI=1S/C29H29F3N4O7/c1-17-14-19(23-4-2-3-5-24(23)33-17)16-42-22-12-6-18(7-13-22)26(38)34-20-8-10-21(11-9-20)36(28(40)41)15-25(37)35-43-27(39)29(30,31)32/h2-7,12-14,20-21H,8-11,15-16H2,1H3,(H,34,38)(H,35,37)(H,40,41). The van der Waals surface area contributed by atoms with Gasteiger partial charge in [-0.15, -0.1) is 0 Å². The van der Waals surface area contributed by atoms with Crippen molar-refractivity contribution in [3.63, 3.8) is 0 Å². The zero-order chi connectivity index (χ0) is 31.1. The smallest absolute Gasteiger partial charge is 0.489 e. The number of fused-ring (bicyclic) bond motifs is 1. The van der Waals surface area contributed by atoms with Crippen LogP contribution in [0.4, 0.5) is 18.0 Å². The van der Waals surface area contributed by atoms with E-state index >= 15 is 0 Å². The third-order valence-corrected chi connectivity index (χ3v) is 6.96. The number of benzene rings is 2. The van der Waals surface area contributed by atoms with E-state index in [4.69, 9.17) is 4.74 Å². The molecule has 0 aliphatic heterocycles. The summed E-state index contributed by atoms with van der Waals surface area (Å²) >= 11 is 0. The van der Waals surface area contributed by atoms with Crippen molar-refractivity contribution in [3.05, 3.63) is 71.4 Å². The minimum absolute atomic E-state index is 0.250. The Kier molecular flexibility index (Phi) is 9.68. The summed E-state index contributed by atoms with van der Waals surface area (Å²) in [5.74, 6) is -3.59. The summed E-state index contributed by atoms with van der Waals surface area (Å²) in [6.45, 7) is 1.42. The third-order valence-electron chi connectivity index (χ3n) is 6.96. The zero-order valence-electron chi connectivity index (χ0n) is 23.0. The van der Waals surface area contributed by atoms with E-state index in [9.17, 15) is 37.5 Å². The van der Waals surface area contributed by atoms with Crippen LogP contribution >= 0.6 is 0 Å². The van der Waals surface area contributed by atoms with Crippen LogP contribution in [0.1, 0.15) is 47.3 Å². The number of alkyl halides is 3. The van der Waals surface area contributed by atoms with Gasteiger partial charge in [0.05, 0.1) is 5.52 Å². The molecule has 1 fully saturated rings. The van der Waals surface area contributed by atoms with E-state index < -0.39 is 36.7 Å². The van der Waals surface area contributed by atoms with Crippen molar-refractivity contribution in [1.29, 1.82) is 0 Å². The Bertz CT molecular complexity index is 1490. The molecule has 0 atom stereocenters. The van der Waals surface area contributed by atoms with Gasteiger partial charge in [0.25, 0.3) is 11.8 Å². The van der Waals surface area contributed by atoms with Gasteiger partial charge in [-0.3, -0.25) is 19.5 Å². The monoisotopic (exact) mass is 602 g/mol. The molecule has 2 aromatic carbocycles. The van der Waals surface area contributed by atoms with Gasteiger partial charge in [-0.25, -0.2) is 9.59 Å². The molecule has 11 nitrogen and oxygen atoms in total. The molecule has 14 heteroatoms. The summed E-state index contributed by atoms with van der Waals surface area (Å²) in [6, 6.07) is 15.6. The molecule has 0 radical (unpaired) electrons. The van der Waals surface area contributed by atoms with Crippen LogP contribution in [-0.4, -0.2) is 63.7 Å². The van der Waals surface area contributed by atoms with Crippen molar-refractivity contribution in [1.82, 2.24) is 20.7 Å². The number of carbonyl (C=O) groups is 4. The van der Waals surface area contributed by atoms with Crippen LogP contribution in [0.3, 0.4) is 0 Å². The highest BCUT2D eigenvalue weighted by Crippen LogP contribution is 2.25. The number of pyridine rings is 1. The Morgan fingerprint density at radius 2 is 1.70 bits per heavy atom. The molecule has 0 spiro atoms. The highest BCUT2D eigenvalue weighted by Gasteiger charge is 2.42. The summed E-state index contributed by atoms with van der Waals surface area (Å²) in [7, 11) is 0. The first-order valence-corrected chi connectivity index (χ1v) is 13.4. The minimum Gasteiger partial charge on any atom is -0.489 e. The predicted octanol–water partition coefficient (Wildman–Crippen LogP) is 4.28. The maximum atomic E-state index is 12.8. The van der Waals surface area contributed by atoms with E-state index in [-0.39, 0.29) is 11.9 Å². The lowest BCUT2D eigenvalue weighted by atomic mass is 9.90. The van der Waals surface area contributed by atoms with E-state index in [2.05, 4.69) is 15.1 Å². The molecule has 228 valence electrons. The molecule has 1 saturated carbocycles. The summed E-state index contributed by atoms with van der Waals surface area (Å²) in [6.07, 6.45) is -5.37. The van der Waals surface area contributed by atoms with Crippen LogP contribution in [0.5, 0.6) is 5.75 Å². The fraction of sp³-hybridized carbons (Fsp3) is 0.345. The molecule has 3 N–H and O–H groups in total. The molecule has 43 heavy (non-hydrogen) atoms. The number of rotatable bonds is 8. The Hall–Kier alpha value is -4.88. The van der Waals surface area contributed by atoms with Crippen molar-refractivity contribution >= 4 is 34.8 Å². The first-order valence-electron chi connectivity index (χ1n) is 13.4. The number of nitrogens with one attached hydrogen (secondary N) is 2. The number of hydrogen-bond donors (Lipinski definition) is 3. The predicted molar refractivity (Wildman–Crippen MR) is 146 cm³/mol. The fourth-order valence-electron chi connectivity index (χ4n) is 4.88. The number of aryl methyl sites for hydroxylation is 1. The molecule has 0 bridgehead atoms. The molecule has 3 amide bonds. The number of hydrogen-bond acceptors (Lipinski definition) is 7. The van der Waals surface area contributed by atoms with Crippen LogP contribution in [0, 0.1) is 6.92 Å². The average molecular weight is 603 g/mol. The van der Waals surface area contributed by atoms with Crippen molar-refractivity contribution in [2.75, 3.05) is 6.54 Å². The van der Waals surface area contributed by atoms with E-state index in [0.29, 0.717) is 43.6 Å². The van der Waals surface area contributed by atoms with Gasteiger partial charge in [0.15, 0.2) is 0 Å². The number of carbonyl (C=O) groups excluding carboxylic acids is 3. The maximum absolute atomic E-state index is 12.8. The normalized spacial score (nSPS) is 16.7. The molecule has 1 aliphatic carbocycles. The van der Waals surface area contributed by atoms with Gasteiger partial charge >= 0.3 is 18.2 Å². The molecule has 0 unspecified atom stereocenters. The Morgan fingerprint density at radius 3 is 2.35 bits per heavy atom. The molecule has 3 aromatic rings. The molecule has 1 aromatic heterocycles. The summed E-state index contributed by atoms with van der Waals surface area (Å²) in [5, 5.41) is 13.4. The van der Waals surface area contributed by atoms with Crippen molar-refractivity contribution in [3.8, 4) is 5.75 Å². The number of para-hydroxylation sites is 1. The Morgan fingerprint density at radius 1 is 1.02 bits per heavy atom. The molecular formula is C29H29F3N4O7. The number of ether oxygens (including phenoxy) is 1. The van der Waals surface area contributed by atoms with Gasteiger partial charge < -0.3 is 20.0 Å². The lowest BCUT2D eigenvalue weighted by Crippen LogP contribution is -2.49. The van der Waals surface area contributed by atoms with Crippen LogP contribution < -0.4 is 15.5 Å². The van der Waals surface area contributed by atoms with Gasteiger partial charge in [-0.2, -0.15) is 18.7 Å². The van der Waals surface area contributed by atoms with E-state index in [1.165, 1.54) is 5.48 Å². The largest absolute Gasteiger partial charge is 0.493 e. The minimum atomic E-state index is -5.31. The van der Waals surface area contributed by atoms with Gasteiger partial charge in [0.2, 0.25) is 0 Å². The summed E-state index contributed by atoms with van der Waals surface area (Å²) in [4.78, 5) is 56.1. The first-order chi connectivity index (χ1) is 20.4. The van der Waals surface area contributed by atoms with Gasteiger partial charge in [-0.05, 0) is 69.0 Å². The molecule has 1 heterocycles. The Labute approximate surface area is 243 Å². The van der Waals surface area contributed by atoms with Crippen molar-refractivity contribution < 1.29 is 47.0 Å². The van der Waals surface area contributed by atoms with Crippen LogP contribution in [0.25, 0.3) is 10.9 Å². The van der Waals surface area contributed by atoms with Crippen LogP contribution in [0.2, 0.25) is 0 Å². The van der Waals surface area contributed by atoms with Crippen LogP contribution in [0.15, 0.2) is 54.6 Å². The summed E-state index contributed by atoms with van der Waals surface area (Å²) < 4.78 is 42.6. The molecule has 1 aliphatic rings. The number of nitrogens with zero attached hydrogens (tertiary/aromatic N) is 2. The third kappa shape index (κ3) is 8.33. The lowest BCUT2D eigenvalue weighted by molar-refractivity contribution is -0.207. The highest BCUT2D eigenvalue weighted by atomic mass is 19.4. The van der Waals surface area contributed by atoms with Gasteiger partial charge in [0.1, 0.15) is 18.9 Å². The van der Waals surface area contributed by atoms with Gasteiger partial charge in [0, 0.05) is 34.3 Å². The number of hydroxylamine groups is 1. The summed E-state index contributed by atoms with van der Waals surface area (Å²) in [5.41, 5.74) is 4.49. The van der Waals surface area contributed by atoms with E-state index in [1.807, 2.05) is 37.3 Å². The average Bonchev–Trinajstić information content (AvgIpc) is 2.97. The second-order valence-corrected chi connectivity index (χ2v) is 10.1. The number of aromatic nitrogens is 1. The van der Waals surface area contributed by atoms with Crippen molar-refractivity contribution in [2.24, 2.45) is 0 Å². The molecule has 0 saturated heterocycles. The second kappa shape index (κ2) is 13.4. The SMILES string of the molecule is Cc1cc(COc2ccc(C(=O)NC3CCC(N(CC(=O)NOC(=O)C(F)(F)F)C(=O)O)CC3)cc2)c2ccccc2n1. The first kappa shape index (κ1) is 31.1. The van der Waals surface area contributed by atoms with E-state index in [1.54, 1.807) is 24.3 Å². The highest BCUT2D eigenvalue weighted by molar-refractivity contribution is 5.94. The fourth-order valence-corrected chi connectivity index (χ4v) is 4.88. The molecule has 4 rings (SSSR count). The quantitative estimate of drug-likeness (QED) is 0.324. The second-order valence-electron chi connectivity index (χ2n) is 10.1. The molecular weight excluding hydrogens is 573 g/mol. The Balaban J connectivity index is 1.25. The number of amides is 3. The van der Waals surface area contributed by atoms with Crippen LogP contribution in [-0.2, 0) is 21.0 Å². The van der Waals surface area contributed by atoms with E-state index in [0.717, 1.165) is 27.1 Å². The number of carboxylic acid groups (broad SMARTS) is 1. The van der Waals surface area contributed by atoms with Gasteiger partial charge in [-0.1, -0.05) is 18.2 Å². The maximum Gasteiger partial charge on any atom is 0.493 e.